The lowest BCUT2D eigenvalue weighted by Gasteiger charge is -1.95. The highest BCUT2D eigenvalue weighted by molar-refractivity contribution is 5.61. The van der Waals surface area contributed by atoms with E-state index in [4.69, 9.17) is 4.42 Å². The van der Waals surface area contributed by atoms with Crippen molar-refractivity contribution in [3.63, 3.8) is 0 Å². The molecular formula is C13H10N2O. The van der Waals surface area contributed by atoms with Gasteiger partial charge in [0.1, 0.15) is 0 Å². The van der Waals surface area contributed by atoms with Gasteiger partial charge in [-0.1, -0.05) is 30.3 Å². The molecule has 78 valence electrons. The van der Waals surface area contributed by atoms with Gasteiger partial charge in [0.15, 0.2) is 0 Å². The lowest BCUT2D eigenvalue weighted by atomic mass is 10.1. The Balaban J connectivity index is 2.00. The fourth-order valence-electron chi connectivity index (χ4n) is 1.62. The summed E-state index contributed by atoms with van der Waals surface area (Å²) in [4.78, 5) is 0. The van der Waals surface area contributed by atoms with Crippen LogP contribution < -0.4 is 0 Å². The fourth-order valence-corrected chi connectivity index (χ4v) is 1.62. The van der Waals surface area contributed by atoms with Crippen LogP contribution in [0, 0.1) is 0 Å². The highest BCUT2D eigenvalue weighted by Crippen LogP contribution is 2.19. The van der Waals surface area contributed by atoms with Crippen LogP contribution in [0.3, 0.4) is 0 Å². The Hall–Kier alpha value is -2.29. The van der Waals surface area contributed by atoms with Gasteiger partial charge in [0, 0.05) is 17.8 Å². The van der Waals surface area contributed by atoms with E-state index in [2.05, 4.69) is 17.2 Å². The van der Waals surface area contributed by atoms with Gasteiger partial charge in [-0.25, -0.2) is 4.68 Å². The molecule has 3 aromatic rings. The van der Waals surface area contributed by atoms with Gasteiger partial charge in [-0.2, -0.15) is 5.10 Å². The summed E-state index contributed by atoms with van der Waals surface area (Å²) < 4.78 is 6.99. The molecule has 0 fully saturated rings. The molecule has 0 unspecified atom stereocenters. The second-order valence-electron chi connectivity index (χ2n) is 3.49. The first-order valence-corrected chi connectivity index (χ1v) is 5.07. The molecule has 0 aliphatic heterocycles. The second kappa shape index (κ2) is 3.70. The van der Waals surface area contributed by atoms with Crippen molar-refractivity contribution in [3.05, 3.63) is 61.1 Å². The highest BCUT2D eigenvalue weighted by atomic mass is 16.3. The zero-order valence-corrected chi connectivity index (χ0v) is 8.58. The molecule has 0 saturated carbocycles. The molecule has 3 rings (SSSR count). The van der Waals surface area contributed by atoms with Gasteiger partial charge in [-0.05, 0) is 11.6 Å². The van der Waals surface area contributed by atoms with Crippen LogP contribution in [-0.4, -0.2) is 9.78 Å². The quantitative estimate of drug-likeness (QED) is 0.650. The number of aromatic nitrogens is 2. The van der Waals surface area contributed by atoms with E-state index in [-0.39, 0.29) is 0 Å². The molecule has 2 heterocycles. The molecule has 0 aliphatic rings. The number of nitrogens with zero attached hydrogens (tertiary/aromatic N) is 2. The van der Waals surface area contributed by atoms with Gasteiger partial charge in [-0.3, -0.25) is 0 Å². The smallest absolute Gasteiger partial charge is 0.219 e. The van der Waals surface area contributed by atoms with E-state index < -0.39 is 0 Å². The predicted octanol–water partition coefficient (Wildman–Crippen LogP) is 3.13. The average molecular weight is 210 g/mol. The summed E-state index contributed by atoms with van der Waals surface area (Å²) in [6, 6.07) is 13.9. The van der Waals surface area contributed by atoms with Crippen LogP contribution in [0.4, 0.5) is 0 Å². The van der Waals surface area contributed by atoms with Gasteiger partial charge in [0.05, 0.1) is 12.5 Å². The SMILES string of the molecule is c1ccc(-c2cnn(-c3ccco3)c2)cc1. The zero-order chi connectivity index (χ0) is 10.8. The third-order valence-electron chi connectivity index (χ3n) is 2.42. The molecule has 0 atom stereocenters. The van der Waals surface area contributed by atoms with E-state index in [1.165, 1.54) is 0 Å². The second-order valence-corrected chi connectivity index (χ2v) is 3.49. The number of benzene rings is 1. The molecule has 2 aromatic heterocycles. The van der Waals surface area contributed by atoms with Crippen LogP contribution in [0.25, 0.3) is 17.0 Å². The molecule has 0 aliphatic carbocycles. The monoisotopic (exact) mass is 210 g/mol. The summed E-state index contributed by atoms with van der Waals surface area (Å²) in [5.74, 6) is 0.724. The highest BCUT2D eigenvalue weighted by Gasteiger charge is 2.03. The number of furan rings is 1. The lowest BCUT2D eigenvalue weighted by Crippen LogP contribution is -1.90. The summed E-state index contributed by atoms with van der Waals surface area (Å²) in [7, 11) is 0. The van der Waals surface area contributed by atoms with Gasteiger partial charge in [-0.15, -0.1) is 0 Å². The minimum atomic E-state index is 0.724. The first-order valence-electron chi connectivity index (χ1n) is 5.07. The minimum absolute atomic E-state index is 0.724. The Morgan fingerprint density at radius 2 is 1.81 bits per heavy atom. The predicted molar refractivity (Wildman–Crippen MR) is 61.3 cm³/mol. The van der Waals surface area contributed by atoms with Crippen molar-refractivity contribution in [2.75, 3.05) is 0 Å². The Kier molecular flexibility index (Phi) is 2.07. The Bertz CT molecular complexity index is 567. The van der Waals surface area contributed by atoms with Crippen molar-refractivity contribution in [2.24, 2.45) is 0 Å². The third kappa shape index (κ3) is 1.52. The molecular weight excluding hydrogens is 200 g/mol. The summed E-state index contributed by atoms with van der Waals surface area (Å²) >= 11 is 0. The summed E-state index contributed by atoms with van der Waals surface area (Å²) in [6.45, 7) is 0. The maximum Gasteiger partial charge on any atom is 0.219 e. The molecule has 0 spiro atoms. The first kappa shape index (κ1) is 8.97. The Morgan fingerprint density at radius 3 is 2.56 bits per heavy atom. The molecule has 0 saturated heterocycles. The average Bonchev–Trinajstić information content (AvgIpc) is 3.01. The molecule has 0 N–H and O–H groups in total. The fraction of sp³-hybridized carbons (Fsp3) is 0. The van der Waals surface area contributed by atoms with Crippen LogP contribution in [0.5, 0.6) is 0 Å². The topological polar surface area (TPSA) is 31.0 Å². The van der Waals surface area contributed by atoms with Crippen molar-refractivity contribution in [3.8, 4) is 17.0 Å². The zero-order valence-electron chi connectivity index (χ0n) is 8.58. The normalized spacial score (nSPS) is 10.5. The van der Waals surface area contributed by atoms with Crippen molar-refractivity contribution in [1.29, 1.82) is 0 Å². The minimum Gasteiger partial charge on any atom is -0.447 e. The van der Waals surface area contributed by atoms with Gasteiger partial charge in [0.25, 0.3) is 0 Å². The van der Waals surface area contributed by atoms with Gasteiger partial charge in [0.2, 0.25) is 5.88 Å². The standard InChI is InChI=1S/C13H10N2O/c1-2-5-11(6-3-1)12-9-14-15(10-12)13-7-4-8-16-13/h1-10H. The van der Waals surface area contributed by atoms with E-state index in [0.29, 0.717) is 0 Å². The number of rotatable bonds is 2. The maximum atomic E-state index is 5.27. The van der Waals surface area contributed by atoms with Crippen molar-refractivity contribution in [2.45, 2.75) is 0 Å². The van der Waals surface area contributed by atoms with Crippen molar-refractivity contribution in [1.82, 2.24) is 9.78 Å². The van der Waals surface area contributed by atoms with E-state index in [1.807, 2.05) is 42.7 Å². The number of hydrogen-bond donors (Lipinski definition) is 0. The van der Waals surface area contributed by atoms with E-state index in [1.54, 1.807) is 10.9 Å². The molecule has 0 radical (unpaired) electrons. The molecule has 16 heavy (non-hydrogen) atoms. The lowest BCUT2D eigenvalue weighted by molar-refractivity contribution is 0.522. The largest absolute Gasteiger partial charge is 0.447 e. The van der Waals surface area contributed by atoms with Crippen molar-refractivity contribution >= 4 is 0 Å². The maximum absolute atomic E-state index is 5.27. The summed E-state index contributed by atoms with van der Waals surface area (Å²) in [5.41, 5.74) is 2.23. The number of hydrogen-bond acceptors (Lipinski definition) is 2. The van der Waals surface area contributed by atoms with Crippen molar-refractivity contribution < 1.29 is 4.42 Å². The molecule has 1 aromatic carbocycles. The van der Waals surface area contributed by atoms with Crippen LogP contribution in [0.1, 0.15) is 0 Å². The molecule has 0 amide bonds. The van der Waals surface area contributed by atoms with E-state index in [9.17, 15) is 0 Å². The Labute approximate surface area is 92.9 Å². The molecule has 0 bridgehead atoms. The summed E-state index contributed by atoms with van der Waals surface area (Å²) in [6.07, 6.45) is 5.42. The van der Waals surface area contributed by atoms with E-state index >= 15 is 0 Å². The third-order valence-corrected chi connectivity index (χ3v) is 2.42. The van der Waals surface area contributed by atoms with Crippen LogP contribution in [0.15, 0.2) is 65.5 Å². The van der Waals surface area contributed by atoms with Crippen LogP contribution in [0.2, 0.25) is 0 Å². The van der Waals surface area contributed by atoms with Crippen LogP contribution >= 0.6 is 0 Å². The first-order chi connectivity index (χ1) is 7.93. The van der Waals surface area contributed by atoms with E-state index in [0.717, 1.165) is 17.0 Å². The molecule has 3 heteroatoms. The van der Waals surface area contributed by atoms with Gasteiger partial charge < -0.3 is 4.42 Å². The van der Waals surface area contributed by atoms with Crippen LogP contribution in [-0.2, 0) is 0 Å². The van der Waals surface area contributed by atoms with Gasteiger partial charge >= 0.3 is 0 Å². The molecule has 3 nitrogen and oxygen atoms in total. The Morgan fingerprint density at radius 1 is 0.938 bits per heavy atom. The summed E-state index contributed by atoms with van der Waals surface area (Å²) in [5, 5.41) is 4.26.